The van der Waals surface area contributed by atoms with Crippen LogP contribution in [0.15, 0.2) is 28.8 Å². The highest BCUT2D eigenvalue weighted by Crippen LogP contribution is 2.50. The van der Waals surface area contributed by atoms with Crippen LogP contribution in [0, 0.1) is 0 Å². The molecule has 0 bridgehead atoms. The molecule has 0 atom stereocenters. The Bertz CT molecular complexity index is 709. The van der Waals surface area contributed by atoms with Crippen LogP contribution in [0.5, 0.6) is 0 Å². The van der Waals surface area contributed by atoms with E-state index in [1.807, 2.05) is 6.07 Å². The van der Waals surface area contributed by atoms with Gasteiger partial charge in [0.25, 0.3) is 5.89 Å². The fourth-order valence-electron chi connectivity index (χ4n) is 3.67. The minimum Gasteiger partial charge on any atom is -0.384 e. The number of methoxy groups -OCH3 is 1. The first-order valence-electron chi connectivity index (χ1n) is 8.68. The van der Waals surface area contributed by atoms with E-state index in [9.17, 15) is 0 Å². The van der Waals surface area contributed by atoms with Crippen molar-refractivity contribution in [3.63, 3.8) is 0 Å². The van der Waals surface area contributed by atoms with Crippen molar-refractivity contribution in [1.29, 1.82) is 0 Å². The van der Waals surface area contributed by atoms with Crippen molar-refractivity contribution in [2.24, 2.45) is 0 Å². The van der Waals surface area contributed by atoms with E-state index in [0.29, 0.717) is 25.7 Å². The minimum absolute atomic E-state index is 0.201. The second-order valence-electron chi connectivity index (χ2n) is 7.36. The molecule has 4 rings (SSSR count). The Morgan fingerprint density at radius 2 is 1.88 bits per heavy atom. The van der Waals surface area contributed by atoms with E-state index >= 15 is 0 Å². The van der Waals surface area contributed by atoms with E-state index in [2.05, 4.69) is 30.3 Å². The zero-order valence-electron chi connectivity index (χ0n) is 14.4. The number of hydrogen-bond donors (Lipinski definition) is 0. The molecule has 0 N–H and O–H groups in total. The van der Waals surface area contributed by atoms with Crippen LogP contribution in [-0.2, 0) is 20.3 Å². The minimum atomic E-state index is -0.201. The molecule has 2 heterocycles. The highest BCUT2D eigenvalue weighted by molar-refractivity contribution is 5.62. The summed E-state index contributed by atoms with van der Waals surface area (Å²) in [6.45, 7) is 4.31. The fourth-order valence-corrected chi connectivity index (χ4v) is 3.67. The van der Waals surface area contributed by atoms with Gasteiger partial charge in [-0.3, -0.25) is 0 Å². The first-order chi connectivity index (χ1) is 11.7. The molecule has 0 unspecified atom stereocenters. The predicted octanol–water partition coefficient (Wildman–Crippen LogP) is 3.48. The molecule has 2 aliphatic rings. The van der Waals surface area contributed by atoms with Crippen molar-refractivity contribution in [1.82, 2.24) is 10.1 Å². The molecule has 0 spiro atoms. The second kappa shape index (κ2) is 5.97. The first-order valence-corrected chi connectivity index (χ1v) is 8.68. The Morgan fingerprint density at radius 3 is 2.58 bits per heavy atom. The zero-order valence-corrected chi connectivity index (χ0v) is 14.4. The molecule has 1 aromatic heterocycles. The number of rotatable bonds is 5. The van der Waals surface area contributed by atoms with Gasteiger partial charge in [-0.05, 0) is 42.7 Å². The van der Waals surface area contributed by atoms with E-state index in [1.165, 1.54) is 18.4 Å². The zero-order chi connectivity index (χ0) is 16.6. The lowest BCUT2D eigenvalue weighted by atomic mass is 9.80. The molecule has 1 aliphatic heterocycles. The van der Waals surface area contributed by atoms with Gasteiger partial charge in [-0.1, -0.05) is 30.3 Å². The SMILES string of the molecule is COCC1(c2noc(-c3ccccc3C3(C)CC3)n2)CCOCC1. The quantitative estimate of drug-likeness (QED) is 0.841. The summed E-state index contributed by atoms with van der Waals surface area (Å²) in [7, 11) is 1.72. The molecule has 1 saturated carbocycles. The molecule has 5 nitrogen and oxygen atoms in total. The van der Waals surface area contributed by atoms with Crippen LogP contribution >= 0.6 is 0 Å². The summed E-state index contributed by atoms with van der Waals surface area (Å²) in [6, 6.07) is 8.40. The molecule has 1 saturated heterocycles. The van der Waals surface area contributed by atoms with E-state index < -0.39 is 0 Å². The molecule has 2 aromatic rings. The molecule has 1 aromatic carbocycles. The van der Waals surface area contributed by atoms with E-state index in [0.717, 1.165) is 24.2 Å². The molecule has 1 aliphatic carbocycles. The van der Waals surface area contributed by atoms with Crippen LogP contribution in [0.1, 0.15) is 44.0 Å². The molecule has 0 amide bonds. The highest BCUT2D eigenvalue weighted by Gasteiger charge is 2.42. The Kier molecular flexibility index (Phi) is 3.93. The monoisotopic (exact) mass is 328 g/mol. The van der Waals surface area contributed by atoms with Crippen molar-refractivity contribution in [3.05, 3.63) is 35.7 Å². The van der Waals surface area contributed by atoms with Gasteiger partial charge in [0.2, 0.25) is 0 Å². The van der Waals surface area contributed by atoms with Crippen LogP contribution in [-0.4, -0.2) is 37.1 Å². The van der Waals surface area contributed by atoms with Crippen LogP contribution in [0.2, 0.25) is 0 Å². The van der Waals surface area contributed by atoms with Gasteiger partial charge >= 0.3 is 0 Å². The average molecular weight is 328 g/mol. The highest BCUT2D eigenvalue weighted by atomic mass is 16.5. The maximum atomic E-state index is 5.68. The van der Waals surface area contributed by atoms with E-state index in [1.54, 1.807) is 7.11 Å². The second-order valence-corrected chi connectivity index (χ2v) is 7.36. The van der Waals surface area contributed by atoms with Gasteiger partial charge in [-0.25, -0.2) is 0 Å². The molecular weight excluding hydrogens is 304 g/mol. The Morgan fingerprint density at radius 1 is 1.12 bits per heavy atom. The normalized spacial score (nSPS) is 21.6. The standard InChI is InChI=1S/C19H24N2O3/c1-18(7-8-18)15-6-4-3-5-14(15)16-20-17(21-24-16)19(13-22-2)9-11-23-12-10-19/h3-6H,7-13H2,1-2H3. The number of aromatic nitrogens is 2. The van der Waals surface area contributed by atoms with Crippen LogP contribution < -0.4 is 0 Å². The van der Waals surface area contributed by atoms with Gasteiger partial charge in [0.15, 0.2) is 5.82 Å². The van der Waals surface area contributed by atoms with Gasteiger partial charge in [0.1, 0.15) is 0 Å². The summed E-state index contributed by atoms with van der Waals surface area (Å²) < 4.78 is 16.7. The fraction of sp³-hybridized carbons (Fsp3) is 0.579. The summed E-state index contributed by atoms with van der Waals surface area (Å²) in [4.78, 5) is 4.78. The van der Waals surface area contributed by atoms with Crippen LogP contribution in [0.25, 0.3) is 11.5 Å². The van der Waals surface area contributed by atoms with Gasteiger partial charge in [-0.2, -0.15) is 4.98 Å². The number of benzene rings is 1. The summed E-state index contributed by atoms with van der Waals surface area (Å²) in [5.74, 6) is 1.37. The van der Waals surface area contributed by atoms with Crippen molar-refractivity contribution < 1.29 is 14.0 Å². The number of hydrogen-bond acceptors (Lipinski definition) is 5. The van der Waals surface area contributed by atoms with Crippen LogP contribution in [0.4, 0.5) is 0 Å². The summed E-state index contributed by atoms with van der Waals surface area (Å²) in [5.41, 5.74) is 2.44. The lowest BCUT2D eigenvalue weighted by molar-refractivity contribution is 0.00915. The largest absolute Gasteiger partial charge is 0.384 e. The maximum Gasteiger partial charge on any atom is 0.258 e. The molecule has 24 heavy (non-hydrogen) atoms. The van der Waals surface area contributed by atoms with E-state index in [4.69, 9.17) is 19.0 Å². The predicted molar refractivity (Wildman–Crippen MR) is 89.9 cm³/mol. The first kappa shape index (κ1) is 15.8. The summed E-state index contributed by atoms with van der Waals surface area (Å²) >= 11 is 0. The van der Waals surface area contributed by atoms with Crippen LogP contribution in [0.3, 0.4) is 0 Å². The van der Waals surface area contributed by atoms with Crippen molar-refractivity contribution in [3.8, 4) is 11.5 Å². The summed E-state index contributed by atoms with van der Waals surface area (Å²) in [6.07, 6.45) is 4.16. The number of ether oxygens (including phenoxy) is 2. The topological polar surface area (TPSA) is 57.4 Å². The molecule has 128 valence electrons. The van der Waals surface area contributed by atoms with E-state index in [-0.39, 0.29) is 10.8 Å². The Hall–Kier alpha value is -1.72. The molecule has 5 heteroatoms. The van der Waals surface area contributed by atoms with Crippen molar-refractivity contribution in [2.75, 3.05) is 26.9 Å². The van der Waals surface area contributed by atoms with Gasteiger partial charge < -0.3 is 14.0 Å². The molecule has 0 radical (unpaired) electrons. The average Bonchev–Trinajstić information content (AvgIpc) is 3.17. The van der Waals surface area contributed by atoms with Gasteiger partial charge in [0.05, 0.1) is 12.0 Å². The third-order valence-electron chi connectivity index (χ3n) is 5.58. The van der Waals surface area contributed by atoms with Gasteiger partial charge in [-0.15, -0.1) is 0 Å². The lowest BCUT2D eigenvalue weighted by Gasteiger charge is -2.33. The number of nitrogens with zero attached hydrogens (tertiary/aromatic N) is 2. The molecular formula is C19H24N2O3. The van der Waals surface area contributed by atoms with Gasteiger partial charge in [0, 0.05) is 25.9 Å². The van der Waals surface area contributed by atoms with Crippen molar-refractivity contribution >= 4 is 0 Å². The molecule has 2 fully saturated rings. The summed E-state index contributed by atoms with van der Waals surface area (Å²) in [5, 5.41) is 4.33. The maximum absolute atomic E-state index is 5.68. The lowest BCUT2D eigenvalue weighted by Crippen LogP contribution is -2.39. The third kappa shape index (κ3) is 2.66. The Balaban J connectivity index is 1.70. The smallest absolute Gasteiger partial charge is 0.258 e. The Labute approximate surface area is 142 Å². The van der Waals surface area contributed by atoms with Crippen molar-refractivity contribution in [2.45, 2.75) is 43.4 Å². The third-order valence-corrected chi connectivity index (χ3v) is 5.58.